The first kappa shape index (κ1) is 12.5. The van der Waals surface area contributed by atoms with Crippen molar-refractivity contribution in [3.63, 3.8) is 0 Å². The molecule has 92 valence electrons. The van der Waals surface area contributed by atoms with Crippen LogP contribution < -0.4 is 0 Å². The second-order valence-electron chi connectivity index (χ2n) is 4.37. The number of aromatic nitrogens is 1. The van der Waals surface area contributed by atoms with Gasteiger partial charge in [0.25, 0.3) is 0 Å². The molecule has 0 N–H and O–H groups in total. The summed E-state index contributed by atoms with van der Waals surface area (Å²) in [7, 11) is 0. The third-order valence-electron chi connectivity index (χ3n) is 2.98. The van der Waals surface area contributed by atoms with E-state index >= 15 is 0 Å². The Balaban J connectivity index is 2.12. The Morgan fingerprint density at radius 3 is 2.22 bits per heavy atom. The second-order valence-corrected chi connectivity index (χ2v) is 4.37. The van der Waals surface area contributed by atoms with Crippen LogP contribution in [0.2, 0.25) is 0 Å². The first-order chi connectivity index (χ1) is 8.81. The van der Waals surface area contributed by atoms with Gasteiger partial charge in [-0.2, -0.15) is 0 Å². The lowest BCUT2D eigenvalue weighted by molar-refractivity contribution is 0.103. The molecule has 0 radical (unpaired) electrons. The van der Waals surface area contributed by atoms with E-state index in [2.05, 4.69) is 11.9 Å². The summed E-state index contributed by atoms with van der Waals surface area (Å²) in [6.07, 6.45) is 6.75. The van der Waals surface area contributed by atoms with Crippen LogP contribution >= 0.6 is 0 Å². The molecule has 0 spiro atoms. The summed E-state index contributed by atoms with van der Waals surface area (Å²) >= 11 is 0. The Kier molecular flexibility index (Phi) is 4.24. The maximum atomic E-state index is 12.1. The highest BCUT2D eigenvalue weighted by atomic mass is 16.1. The maximum absolute atomic E-state index is 12.1. The number of aryl methyl sites for hydroxylation is 1. The van der Waals surface area contributed by atoms with E-state index in [4.69, 9.17) is 0 Å². The van der Waals surface area contributed by atoms with Crippen LogP contribution in [0, 0.1) is 0 Å². The van der Waals surface area contributed by atoms with E-state index in [-0.39, 0.29) is 5.78 Å². The number of carbonyl (C=O) groups excluding carboxylic acids is 1. The molecular formula is C16H17NO. The lowest BCUT2D eigenvalue weighted by atomic mass is 10.0. The molecule has 0 aliphatic rings. The predicted octanol–water partition coefficient (Wildman–Crippen LogP) is 3.66. The molecule has 2 aromatic rings. The molecule has 0 saturated heterocycles. The minimum Gasteiger partial charge on any atom is -0.289 e. The van der Waals surface area contributed by atoms with Gasteiger partial charge >= 0.3 is 0 Å². The third kappa shape index (κ3) is 3.04. The van der Waals surface area contributed by atoms with E-state index in [9.17, 15) is 4.79 Å². The van der Waals surface area contributed by atoms with Gasteiger partial charge in [-0.25, -0.2) is 0 Å². The fraction of sp³-hybridized carbons (Fsp3) is 0.250. The molecule has 18 heavy (non-hydrogen) atoms. The molecule has 0 atom stereocenters. The molecule has 1 aromatic heterocycles. The fourth-order valence-corrected chi connectivity index (χ4v) is 1.87. The maximum Gasteiger partial charge on any atom is 0.193 e. The molecule has 0 aliphatic carbocycles. The Morgan fingerprint density at radius 2 is 1.61 bits per heavy atom. The summed E-state index contributed by atoms with van der Waals surface area (Å²) in [5, 5.41) is 0. The Bertz CT molecular complexity index is 502. The molecule has 0 aliphatic heterocycles. The fourth-order valence-electron chi connectivity index (χ4n) is 1.87. The molecule has 0 saturated carbocycles. The van der Waals surface area contributed by atoms with Crippen molar-refractivity contribution in [2.75, 3.05) is 0 Å². The van der Waals surface area contributed by atoms with Gasteiger partial charge in [-0.05, 0) is 30.5 Å². The van der Waals surface area contributed by atoms with Gasteiger partial charge in [0.05, 0.1) is 0 Å². The van der Waals surface area contributed by atoms with Crippen molar-refractivity contribution < 1.29 is 4.79 Å². The number of ketones is 1. The molecule has 1 aromatic carbocycles. The summed E-state index contributed by atoms with van der Waals surface area (Å²) in [4.78, 5) is 16.1. The van der Waals surface area contributed by atoms with Crippen molar-refractivity contribution in [2.24, 2.45) is 0 Å². The smallest absolute Gasteiger partial charge is 0.193 e. The number of unbranched alkanes of at least 4 members (excludes halogenated alkanes) is 1. The van der Waals surface area contributed by atoms with Gasteiger partial charge in [0.2, 0.25) is 0 Å². The molecule has 0 bridgehead atoms. The quantitative estimate of drug-likeness (QED) is 0.745. The number of hydrogen-bond donors (Lipinski definition) is 0. The van der Waals surface area contributed by atoms with Gasteiger partial charge in [0, 0.05) is 23.5 Å². The van der Waals surface area contributed by atoms with Crippen LogP contribution in [0.3, 0.4) is 0 Å². The highest BCUT2D eigenvalue weighted by Crippen LogP contribution is 2.12. The van der Waals surface area contributed by atoms with E-state index in [1.807, 2.05) is 24.3 Å². The zero-order valence-corrected chi connectivity index (χ0v) is 10.6. The minimum absolute atomic E-state index is 0.0550. The standard InChI is InChI=1S/C16H17NO/c1-2-3-4-13-5-7-14(8-6-13)16(18)15-9-11-17-12-10-15/h5-12H,2-4H2,1H3. The van der Waals surface area contributed by atoms with Crippen molar-refractivity contribution in [2.45, 2.75) is 26.2 Å². The largest absolute Gasteiger partial charge is 0.289 e. The van der Waals surface area contributed by atoms with Crippen molar-refractivity contribution in [1.29, 1.82) is 0 Å². The summed E-state index contributed by atoms with van der Waals surface area (Å²) in [5.74, 6) is 0.0550. The Labute approximate surface area is 108 Å². The van der Waals surface area contributed by atoms with Crippen molar-refractivity contribution in [3.8, 4) is 0 Å². The molecule has 0 fully saturated rings. The number of carbonyl (C=O) groups is 1. The topological polar surface area (TPSA) is 30.0 Å². The van der Waals surface area contributed by atoms with Gasteiger partial charge in [0.15, 0.2) is 5.78 Å². The molecule has 1 heterocycles. The van der Waals surface area contributed by atoms with Crippen LogP contribution in [-0.2, 0) is 6.42 Å². The lowest BCUT2D eigenvalue weighted by Crippen LogP contribution is -2.01. The van der Waals surface area contributed by atoms with E-state index in [0.29, 0.717) is 5.56 Å². The number of pyridine rings is 1. The van der Waals surface area contributed by atoms with E-state index < -0.39 is 0 Å². The molecule has 2 rings (SSSR count). The van der Waals surface area contributed by atoms with Gasteiger partial charge in [-0.15, -0.1) is 0 Å². The van der Waals surface area contributed by atoms with Crippen molar-refractivity contribution in [1.82, 2.24) is 4.98 Å². The van der Waals surface area contributed by atoms with E-state index in [1.165, 1.54) is 18.4 Å². The Hall–Kier alpha value is -1.96. The van der Waals surface area contributed by atoms with Crippen LogP contribution in [-0.4, -0.2) is 10.8 Å². The highest BCUT2D eigenvalue weighted by molar-refractivity contribution is 6.08. The first-order valence-electron chi connectivity index (χ1n) is 6.35. The third-order valence-corrected chi connectivity index (χ3v) is 2.98. The number of rotatable bonds is 5. The van der Waals surface area contributed by atoms with Gasteiger partial charge < -0.3 is 0 Å². The van der Waals surface area contributed by atoms with Crippen LogP contribution in [0.25, 0.3) is 0 Å². The van der Waals surface area contributed by atoms with Crippen molar-refractivity contribution in [3.05, 3.63) is 65.5 Å². The predicted molar refractivity (Wildman–Crippen MR) is 72.7 cm³/mol. The first-order valence-corrected chi connectivity index (χ1v) is 6.35. The molecule has 2 heteroatoms. The normalized spacial score (nSPS) is 10.3. The summed E-state index contributed by atoms with van der Waals surface area (Å²) in [5.41, 5.74) is 2.72. The van der Waals surface area contributed by atoms with Crippen LogP contribution in [0.1, 0.15) is 41.3 Å². The molecule has 2 nitrogen and oxygen atoms in total. The van der Waals surface area contributed by atoms with Crippen LogP contribution in [0.4, 0.5) is 0 Å². The van der Waals surface area contributed by atoms with Crippen LogP contribution in [0.5, 0.6) is 0 Å². The second kappa shape index (κ2) is 6.10. The zero-order chi connectivity index (χ0) is 12.8. The van der Waals surface area contributed by atoms with Crippen molar-refractivity contribution >= 4 is 5.78 Å². The molecule has 0 unspecified atom stereocenters. The Morgan fingerprint density at radius 1 is 1.00 bits per heavy atom. The lowest BCUT2D eigenvalue weighted by Gasteiger charge is -2.03. The summed E-state index contributed by atoms with van der Waals surface area (Å²) in [6, 6.07) is 11.4. The number of hydrogen-bond acceptors (Lipinski definition) is 2. The average molecular weight is 239 g/mol. The zero-order valence-electron chi connectivity index (χ0n) is 10.6. The van der Waals surface area contributed by atoms with E-state index in [0.717, 1.165) is 12.0 Å². The van der Waals surface area contributed by atoms with Gasteiger partial charge in [-0.1, -0.05) is 37.6 Å². The van der Waals surface area contributed by atoms with E-state index in [1.54, 1.807) is 24.5 Å². The number of benzene rings is 1. The summed E-state index contributed by atoms with van der Waals surface area (Å²) < 4.78 is 0. The molecular weight excluding hydrogens is 222 g/mol. The average Bonchev–Trinajstić information content (AvgIpc) is 2.46. The van der Waals surface area contributed by atoms with Gasteiger partial charge in [-0.3, -0.25) is 9.78 Å². The molecule has 0 amide bonds. The minimum atomic E-state index is 0.0550. The van der Waals surface area contributed by atoms with Gasteiger partial charge in [0.1, 0.15) is 0 Å². The monoisotopic (exact) mass is 239 g/mol. The SMILES string of the molecule is CCCCc1ccc(C(=O)c2ccncc2)cc1. The summed E-state index contributed by atoms with van der Waals surface area (Å²) in [6.45, 7) is 2.18. The highest BCUT2D eigenvalue weighted by Gasteiger charge is 2.07. The van der Waals surface area contributed by atoms with Crippen LogP contribution in [0.15, 0.2) is 48.8 Å². The number of nitrogens with zero attached hydrogens (tertiary/aromatic N) is 1.